The Bertz CT molecular complexity index is 858. The summed E-state index contributed by atoms with van der Waals surface area (Å²) in [5, 5.41) is 7.94. The number of hydrogen-bond acceptors (Lipinski definition) is 3. The van der Waals surface area contributed by atoms with Crippen molar-refractivity contribution in [2.75, 3.05) is 7.11 Å². The van der Waals surface area contributed by atoms with E-state index < -0.39 is 0 Å². The molecule has 156 valence electrons. The first kappa shape index (κ1) is 20.0. The van der Waals surface area contributed by atoms with Gasteiger partial charge in [0.05, 0.1) is 25.3 Å². The van der Waals surface area contributed by atoms with Crippen molar-refractivity contribution in [1.82, 2.24) is 15.1 Å². The zero-order valence-corrected chi connectivity index (χ0v) is 18.0. The summed E-state index contributed by atoms with van der Waals surface area (Å²) >= 11 is 0. The van der Waals surface area contributed by atoms with Gasteiger partial charge >= 0.3 is 0 Å². The number of benzene rings is 1. The van der Waals surface area contributed by atoms with E-state index in [9.17, 15) is 4.79 Å². The van der Waals surface area contributed by atoms with Crippen LogP contribution in [0.1, 0.15) is 55.5 Å². The first-order valence-electron chi connectivity index (χ1n) is 10.9. The maximum absolute atomic E-state index is 13.0. The second-order valence-corrected chi connectivity index (χ2v) is 8.96. The summed E-state index contributed by atoms with van der Waals surface area (Å²) in [6, 6.07) is 10.7. The Hall–Kier alpha value is -2.30. The highest BCUT2D eigenvalue weighted by Gasteiger charge is 2.51. The first-order valence-corrected chi connectivity index (χ1v) is 10.9. The number of fused-ring (bicyclic) bond motifs is 1. The van der Waals surface area contributed by atoms with Crippen LogP contribution in [0.25, 0.3) is 0 Å². The van der Waals surface area contributed by atoms with Crippen LogP contribution in [0.5, 0.6) is 5.75 Å². The number of aromatic nitrogens is 2. The molecule has 2 aromatic rings. The average Bonchev–Trinajstić information content (AvgIpc) is 3.03. The maximum atomic E-state index is 13.0. The smallest absolute Gasteiger partial charge is 0.224 e. The lowest BCUT2D eigenvalue weighted by Crippen LogP contribution is -2.60. The monoisotopic (exact) mass is 395 g/mol. The topological polar surface area (TPSA) is 56.1 Å². The van der Waals surface area contributed by atoms with Gasteiger partial charge in [-0.3, -0.25) is 9.48 Å². The highest BCUT2D eigenvalue weighted by Crippen LogP contribution is 2.54. The Balaban J connectivity index is 1.47. The molecule has 2 saturated carbocycles. The molecule has 2 aliphatic carbocycles. The molecule has 5 nitrogen and oxygen atoms in total. The quantitative estimate of drug-likeness (QED) is 0.796. The molecule has 2 fully saturated rings. The zero-order chi connectivity index (χ0) is 20.5. The number of nitrogens with zero attached hydrogens (tertiary/aromatic N) is 2. The Morgan fingerprint density at radius 2 is 1.90 bits per heavy atom. The van der Waals surface area contributed by atoms with Gasteiger partial charge in [0.25, 0.3) is 0 Å². The summed E-state index contributed by atoms with van der Waals surface area (Å²) in [6.45, 7) is 6.67. The highest BCUT2D eigenvalue weighted by atomic mass is 16.5. The molecule has 0 aliphatic heterocycles. The summed E-state index contributed by atoms with van der Waals surface area (Å²) in [5.74, 6) is 2.63. The zero-order valence-electron chi connectivity index (χ0n) is 18.0. The number of methoxy groups -OCH3 is 1. The minimum Gasteiger partial charge on any atom is -0.497 e. The summed E-state index contributed by atoms with van der Waals surface area (Å²) in [5.41, 5.74) is 3.43. The van der Waals surface area contributed by atoms with Gasteiger partial charge in [-0.05, 0) is 62.3 Å². The van der Waals surface area contributed by atoms with Gasteiger partial charge in [0, 0.05) is 17.7 Å². The fraction of sp³-hybridized carbons (Fsp3) is 0.583. The number of nitrogens with one attached hydrogen (secondary N) is 1. The van der Waals surface area contributed by atoms with Crippen molar-refractivity contribution in [1.29, 1.82) is 0 Å². The number of amides is 1. The van der Waals surface area contributed by atoms with Crippen LogP contribution >= 0.6 is 0 Å². The predicted octanol–water partition coefficient (Wildman–Crippen LogP) is 4.23. The lowest BCUT2D eigenvalue weighted by atomic mass is 9.53. The van der Waals surface area contributed by atoms with Crippen LogP contribution in [-0.2, 0) is 11.3 Å². The van der Waals surface area contributed by atoms with Crippen molar-refractivity contribution in [3.05, 3.63) is 47.3 Å². The standard InChI is InChI=1S/C24H33N3O2/c1-15(14-27-17(3)13-16(2)26-27)24(28)25-23-21-8-6-5-7-20(21)22(23)18-9-11-19(29-4)12-10-18/h9-13,15,20-23H,5-8,14H2,1-4H3,(H,25,28)/t15?,20?,21?,22-,23-/m0/s1. The van der Waals surface area contributed by atoms with Crippen molar-refractivity contribution in [3.63, 3.8) is 0 Å². The Kier molecular flexibility index (Phi) is 5.66. The van der Waals surface area contributed by atoms with Crippen molar-refractivity contribution < 1.29 is 9.53 Å². The lowest BCUT2D eigenvalue weighted by Gasteiger charge is -2.55. The fourth-order valence-electron chi connectivity index (χ4n) is 5.45. The first-order chi connectivity index (χ1) is 14.0. The summed E-state index contributed by atoms with van der Waals surface area (Å²) in [6.07, 6.45) is 5.09. The van der Waals surface area contributed by atoms with Crippen LogP contribution in [0.4, 0.5) is 0 Å². The number of carbonyl (C=O) groups excluding carboxylic acids is 1. The second-order valence-electron chi connectivity index (χ2n) is 8.96. The third kappa shape index (κ3) is 3.92. The van der Waals surface area contributed by atoms with Gasteiger partial charge in [0.15, 0.2) is 0 Å². The SMILES string of the molecule is COc1ccc([C@H]2C3CCCCC3[C@@H]2NC(=O)C(C)Cn2nc(C)cc2C)cc1. The Morgan fingerprint density at radius 3 is 2.52 bits per heavy atom. The molecule has 0 spiro atoms. The molecule has 29 heavy (non-hydrogen) atoms. The van der Waals surface area contributed by atoms with Crippen molar-refractivity contribution in [3.8, 4) is 5.75 Å². The number of carbonyl (C=O) groups is 1. The van der Waals surface area contributed by atoms with Gasteiger partial charge < -0.3 is 10.1 Å². The molecule has 1 heterocycles. The van der Waals surface area contributed by atoms with E-state index in [1.807, 2.05) is 37.6 Å². The predicted molar refractivity (Wildman–Crippen MR) is 114 cm³/mol. The molecule has 5 atom stereocenters. The van der Waals surface area contributed by atoms with E-state index in [1.54, 1.807) is 7.11 Å². The third-order valence-electron chi connectivity index (χ3n) is 6.99. The van der Waals surface area contributed by atoms with Gasteiger partial charge in [0.2, 0.25) is 5.91 Å². The molecule has 1 aromatic heterocycles. The number of aryl methyl sites for hydroxylation is 2. The van der Waals surface area contributed by atoms with Gasteiger partial charge in [-0.25, -0.2) is 0 Å². The molecule has 5 heteroatoms. The minimum atomic E-state index is -0.104. The lowest BCUT2D eigenvalue weighted by molar-refractivity contribution is -0.128. The van der Waals surface area contributed by atoms with Crippen molar-refractivity contribution in [2.24, 2.45) is 17.8 Å². The van der Waals surface area contributed by atoms with E-state index in [4.69, 9.17) is 4.74 Å². The largest absolute Gasteiger partial charge is 0.497 e. The molecular formula is C24H33N3O2. The van der Waals surface area contributed by atoms with Crippen LogP contribution in [0.2, 0.25) is 0 Å². The third-order valence-corrected chi connectivity index (χ3v) is 6.99. The van der Waals surface area contributed by atoms with Crippen LogP contribution in [0, 0.1) is 31.6 Å². The van der Waals surface area contributed by atoms with E-state index in [1.165, 1.54) is 31.2 Å². The van der Waals surface area contributed by atoms with E-state index in [-0.39, 0.29) is 17.9 Å². The van der Waals surface area contributed by atoms with E-state index in [0.717, 1.165) is 17.1 Å². The van der Waals surface area contributed by atoms with E-state index >= 15 is 0 Å². The highest BCUT2D eigenvalue weighted by molar-refractivity contribution is 5.79. The molecule has 0 radical (unpaired) electrons. The summed E-state index contributed by atoms with van der Waals surface area (Å²) in [4.78, 5) is 13.0. The average molecular weight is 396 g/mol. The normalized spacial score (nSPS) is 26.9. The van der Waals surface area contributed by atoms with Gasteiger partial charge in [0.1, 0.15) is 5.75 Å². The Labute approximate surface area is 173 Å². The van der Waals surface area contributed by atoms with E-state index in [2.05, 4.69) is 28.6 Å². The number of rotatable bonds is 6. The van der Waals surface area contributed by atoms with Crippen molar-refractivity contribution >= 4 is 5.91 Å². The molecule has 2 aliphatic rings. The number of hydrogen-bond donors (Lipinski definition) is 1. The number of ether oxygens (including phenoxy) is 1. The summed E-state index contributed by atoms with van der Waals surface area (Å²) in [7, 11) is 1.70. The molecule has 0 saturated heterocycles. The molecule has 1 N–H and O–H groups in total. The van der Waals surface area contributed by atoms with Crippen LogP contribution in [0.3, 0.4) is 0 Å². The van der Waals surface area contributed by atoms with Gasteiger partial charge in [-0.15, -0.1) is 0 Å². The van der Waals surface area contributed by atoms with Gasteiger partial charge in [-0.1, -0.05) is 31.9 Å². The van der Waals surface area contributed by atoms with Gasteiger partial charge in [-0.2, -0.15) is 5.10 Å². The van der Waals surface area contributed by atoms with Crippen LogP contribution in [0.15, 0.2) is 30.3 Å². The molecule has 1 aromatic carbocycles. The van der Waals surface area contributed by atoms with E-state index in [0.29, 0.717) is 24.3 Å². The fourth-order valence-corrected chi connectivity index (χ4v) is 5.45. The molecule has 3 unspecified atom stereocenters. The molecular weight excluding hydrogens is 362 g/mol. The molecule has 1 amide bonds. The maximum Gasteiger partial charge on any atom is 0.224 e. The molecule has 0 bridgehead atoms. The second kappa shape index (κ2) is 8.21. The minimum absolute atomic E-state index is 0.104. The van der Waals surface area contributed by atoms with Crippen LogP contribution in [-0.4, -0.2) is 28.8 Å². The summed E-state index contributed by atoms with van der Waals surface area (Å²) < 4.78 is 7.27. The molecule has 4 rings (SSSR count). The van der Waals surface area contributed by atoms with Crippen molar-refractivity contribution in [2.45, 2.75) is 65.0 Å². The van der Waals surface area contributed by atoms with Crippen LogP contribution < -0.4 is 10.1 Å². The Morgan fingerprint density at radius 1 is 1.21 bits per heavy atom.